The Morgan fingerprint density at radius 1 is 1.50 bits per heavy atom. The molecule has 5 heteroatoms. The lowest BCUT2D eigenvalue weighted by Gasteiger charge is -2.36. The summed E-state index contributed by atoms with van der Waals surface area (Å²) >= 11 is 0. The molecule has 0 saturated carbocycles. The van der Waals surface area contributed by atoms with Crippen LogP contribution in [0.1, 0.15) is 5.56 Å². The van der Waals surface area contributed by atoms with E-state index >= 15 is 0 Å². The number of carbonyl (C=O) groups is 1. The molecule has 1 aromatic rings. The van der Waals surface area contributed by atoms with Crippen LogP contribution in [-0.4, -0.2) is 38.8 Å². The smallest absolute Gasteiger partial charge is 0.244 e. The second-order valence-electron chi connectivity index (χ2n) is 4.27. The van der Waals surface area contributed by atoms with Gasteiger partial charge in [0.15, 0.2) is 0 Å². The lowest BCUT2D eigenvalue weighted by atomic mass is 10.1. The highest BCUT2D eigenvalue weighted by molar-refractivity contribution is 5.85. The van der Waals surface area contributed by atoms with Gasteiger partial charge in [-0.2, -0.15) is 0 Å². The van der Waals surface area contributed by atoms with Crippen LogP contribution in [-0.2, 0) is 16.1 Å². The summed E-state index contributed by atoms with van der Waals surface area (Å²) < 4.78 is 5.38. The minimum Gasteiger partial charge on any atom is -0.377 e. The molecule has 1 aromatic carbocycles. The molecule has 1 aliphatic rings. The Hall–Kier alpha value is -1.59. The standard InChI is InChI=1S/C13H19N3O2/c1-15-13(17)12-9-18-7-6-16(12)11-4-2-10(8-14)3-5-11/h2-5,12H,6-9,14H2,1H3,(H,15,17). The molecule has 1 saturated heterocycles. The number of nitrogens with zero attached hydrogens (tertiary/aromatic N) is 1. The number of morpholine rings is 1. The molecule has 1 unspecified atom stereocenters. The highest BCUT2D eigenvalue weighted by Crippen LogP contribution is 2.20. The van der Waals surface area contributed by atoms with Gasteiger partial charge in [0.2, 0.25) is 5.91 Å². The number of likely N-dealkylation sites (N-methyl/N-ethyl adjacent to an activating group) is 1. The molecule has 1 heterocycles. The lowest BCUT2D eigenvalue weighted by molar-refractivity contribution is -0.124. The fourth-order valence-corrected chi connectivity index (χ4v) is 2.12. The molecule has 2 rings (SSSR count). The number of hydrogen-bond donors (Lipinski definition) is 2. The summed E-state index contributed by atoms with van der Waals surface area (Å²) in [5.41, 5.74) is 7.70. The highest BCUT2D eigenvalue weighted by Gasteiger charge is 2.28. The van der Waals surface area contributed by atoms with Gasteiger partial charge in [-0.25, -0.2) is 0 Å². The third-order valence-corrected chi connectivity index (χ3v) is 3.18. The van der Waals surface area contributed by atoms with Crippen LogP contribution in [0.3, 0.4) is 0 Å². The monoisotopic (exact) mass is 249 g/mol. The zero-order chi connectivity index (χ0) is 13.0. The first-order chi connectivity index (χ1) is 8.76. The number of ether oxygens (including phenoxy) is 1. The maximum atomic E-state index is 11.8. The zero-order valence-corrected chi connectivity index (χ0v) is 10.6. The fourth-order valence-electron chi connectivity index (χ4n) is 2.12. The molecule has 0 spiro atoms. The second kappa shape index (κ2) is 5.84. The Morgan fingerprint density at radius 3 is 2.83 bits per heavy atom. The first-order valence-corrected chi connectivity index (χ1v) is 6.11. The Morgan fingerprint density at radius 2 is 2.22 bits per heavy atom. The second-order valence-corrected chi connectivity index (χ2v) is 4.27. The average molecular weight is 249 g/mol. The summed E-state index contributed by atoms with van der Waals surface area (Å²) in [5, 5.41) is 2.68. The molecule has 0 bridgehead atoms. The van der Waals surface area contributed by atoms with Crippen LogP contribution in [0.15, 0.2) is 24.3 Å². The van der Waals surface area contributed by atoms with Gasteiger partial charge in [0.25, 0.3) is 0 Å². The first-order valence-electron chi connectivity index (χ1n) is 6.11. The van der Waals surface area contributed by atoms with Crippen LogP contribution in [0.2, 0.25) is 0 Å². The molecule has 1 fully saturated rings. The van der Waals surface area contributed by atoms with Crippen LogP contribution >= 0.6 is 0 Å². The zero-order valence-electron chi connectivity index (χ0n) is 10.6. The van der Waals surface area contributed by atoms with Crippen LogP contribution < -0.4 is 16.0 Å². The molecule has 3 N–H and O–H groups in total. The summed E-state index contributed by atoms with van der Waals surface area (Å²) in [5.74, 6) is -0.0161. The maximum absolute atomic E-state index is 11.8. The van der Waals surface area contributed by atoms with Gasteiger partial charge in [-0.3, -0.25) is 4.79 Å². The van der Waals surface area contributed by atoms with Crippen LogP contribution in [0.4, 0.5) is 5.69 Å². The van der Waals surface area contributed by atoms with Gasteiger partial charge in [-0.05, 0) is 17.7 Å². The van der Waals surface area contributed by atoms with Gasteiger partial charge in [-0.15, -0.1) is 0 Å². The minimum atomic E-state index is -0.257. The van der Waals surface area contributed by atoms with E-state index in [1.165, 1.54) is 0 Å². The van der Waals surface area contributed by atoms with Crippen molar-refractivity contribution in [1.29, 1.82) is 0 Å². The minimum absolute atomic E-state index is 0.0161. The largest absolute Gasteiger partial charge is 0.377 e. The summed E-state index contributed by atoms with van der Waals surface area (Å²) in [6, 6.07) is 7.73. The van der Waals surface area contributed by atoms with E-state index in [1.54, 1.807) is 7.05 Å². The lowest BCUT2D eigenvalue weighted by Crippen LogP contribution is -2.53. The number of rotatable bonds is 3. The van der Waals surface area contributed by atoms with Crippen molar-refractivity contribution in [2.24, 2.45) is 5.73 Å². The van der Waals surface area contributed by atoms with Gasteiger partial charge in [-0.1, -0.05) is 12.1 Å². The van der Waals surface area contributed by atoms with Gasteiger partial charge in [0, 0.05) is 25.8 Å². The number of nitrogens with two attached hydrogens (primary N) is 1. The van der Waals surface area contributed by atoms with Crippen molar-refractivity contribution in [1.82, 2.24) is 5.32 Å². The first kappa shape index (κ1) is 12.9. The number of hydrogen-bond acceptors (Lipinski definition) is 4. The summed E-state index contributed by atoms with van der Waals surface area (Å²) in [6.45, 7) is 2.33. The number of nitrogens with one attached hydrogen (secondary N) is 1. The molecule has 98 valence electrons. The Kier molecular flexibility index (Phi) is 4.17. The number of benzene rings is 1. The van der Waals surface area contributed by atoms with E-state index in [4.69, 9.17) is 10.5 Å². The van der Waals surface area contributed by atoms with E-state index < -0.39 is 0 Å². The third-order valence-electron chi connectivity index (χ3n) is 3.18. The quantitative estimate of drug-likeness (QED) is 0.797. The molecular weight excluding hydrogens is 230 g/mol. The molecule has 18 heavy (non-hydrogen) atoms. The van der Waals surface area contributed by atoms with Crippen molar-refractivity contribution in [2.45, 2.75) is 12.6 Å². The summed E-state index contributed by atoms with van der Waals surface area (Å²) in [6.07, 6.45) is 0. The van der Waals surface area contributed by atoms with Crippen molar-refractivity contribution in [2.75, 3.05) is 31.7 Å². The number of carbonyl (C=O) groups excluding carboxylic acids is 1. The van der Waals surface area contributed by atoms with E-state index in [0.717, 1.165) is 17.8 Å². The molecule has 0 aliphatic carbocycles. The van der Waals surface area contributed by atoms with E-state index in [2.05, 4.69) is 10.2 Å². The topological polar surface area (TPSA) is 67.6 Å². The Balaban J connectivity index is 2.19. The van der Waals surface area contributed by atoms with Crippen molar-refractivity contribution in [3.8, 4) is 0 Å². The average Bonchev–Trinajstić information content (AvgIpc) is 2.46. The van der Waals surface area contributed by atoms with Crippen molar-refractivity contribution in [3.05, 3.63) is 29.8 Å². The molecule has 0 radical (unpaired) electrons. The van der Waals surface area contributed by atoms with Gasteiger partial charge in [0.1, 0.15) is 6.04 Å². The summed E-state index contributed by atoms with van der Waals surface area (Å²) in [7, 11) is 1.65. The maximum Gasteiger partial charge on any atom is 0.244 e. The van der Waals surface area contributed by atoms with E-state index in [-0.39, 0.29) is 11.9 Å². The predicted octanol–water partition coefficient (Wildman–Crippen LogP) is 0.0965. The predicted molar refractivity (Wildman–Crippen MR) is 70.4 cm³/mol. The van der Waals surface area contributed by atoms with E-state index in [9.17, 15) is 4.79 Å². The number of amides is 1. The van der Waals surface area contributed by atoms with Crippen LogP contribution in [0.5, 0.6) is 0 Å². The van der Waals surface area contributed by atoms with Crippen molar-refractivity contribution < 1.29 is 9.53 Å². The molecular formula is C13H19N3O2. The molecule has 1 amide bonds. The molecule has 1 atom stereocenters. The Bertz CT molecular complexity index is 405. The van der Waals surface area contributed by atoms with E-state index in [1.807, 2.05) is 24.3 Å². The van der Waals surface area contributed by atoms with E-state index in [0.29, 0.717) is 19.8 Å². The summed E-state index contributed by atoms with van der Waals surface area (Å²) in [4.78, 5) is 13.9. The van der Waals surface area contributed by atoms with Crippen LogP contribution in [0, 0.1) is 0 Å². The van der Waals surface area contributed by atoms with Gasteiger partial charge < -0.3 is 20.7 Å². The molecule has 5 nitrogen and oxygen atoms in total. The molecule has 1 aliphatic heterocycles. The highest BCUT2D eigenvalue weighted by atomic mass is 16.5. The van der Waals surface area contributed by atoms with Gasteiger partial charge >= 0.3 is 0 Å². The molecule has 0 aromatic heterocycles. The normalized spacial score (nSPS) is 19.7. The van der Waals surface area contributed by atoms with Crippen LogP contribution in [0.25, 0.3) is 0 Å². The van der Waals surface area contributed by atoms with Crippen molar-refractivity contribution >= 4 is 11.6 Å². The number of anilines is 1. The van der Waals surface area contributed by atoms with Crippen molar-refractivity contribution in [3.63, 3.8) is 0 Å². The van der Waals surface area contributed by atoms with Gasteiger partial charge in [0.05, 0.1) is 13.2 Å². The fraction of sp³-hybridized carbons (Fsp3) is 0.462. The third kappa shape index (κ3) is 2.63. The SMILES string of the molecule is CNC(=O)C1COCCN1c1ccc(CN)cc1. The Labute approximate surface area is 107 Å².